The van der Waals surface area contributed by atoms with Crippen LogP contribution in [0.15, 0.2) is 24.3 Å². The van der Waals surface area contributed by atoms with Crippen LogP contribution < -0.4 is 5.73 Å². The van der Waals surface area contributed by atoms with E-state index in [0.717, 1.165) is 5.56 Å². The maximum atomic E-state index is 11.6. The highest BCUT2D eigenvalue weighted by Gasteiger charge is 2.27. The lowest BCUT2D eigenvalue weighted by molar-refractivity contribution is -0.151. The van der Waals surface area contributed by atoms with Crippen molar-refractivity contribution in [2.45, 2.75) is 32.4 Å². The van der Waals surface area contributed by atoms with E-state index in [4.69, 9.17) is 22.1 Å². The van der Waals surface area contributed by atoms with Crippen molar-refractivity contribution >= 4 is 17.6 Å². The Kier molecular flexibility index (Phi) is 4.33. The Balaban J connectivity index is 2.56. The number of esters is 1. The Hall–Kier alpha value is -1.06. The molecule has 0 saturated heterocycles. The molecule has 1 unspecified atom stereocenters. The minimum atomic E-state index is -0.918. The van der Waals surface area contributed by atoms with Gasteiger partial charge in [-0.25, -0.2) is 0 Å². The molecule has 2 N–H and O–H groups in total. The molecule has 1 aromatic rings. The fourth-order valence-electron chi connectivity index (χ4n) is 1.08. The van der Waals surface area contributed by atoms with Crippen LogP contribution in [0.1, 0.15) is 25.8 Å². The van der Waals surface area contributed by atoms with Gasteiger partial charge in [-0.05, 0) is 31.0 Å². The van der Waals surface area contributed by atoms with Crippen LogP contribution in [-0.2, 0) is 16.1 Å². The van der Waals surface area contributed by atoms with E-state index in [1.807, 2.05) is 19.1 Å². The zero-order valence-corrected chi connectivity index (χ0v) is 10.3. The van der Waals surface area contributed by atoms with Gasteiger partial charge in [0.05, 0.1) is 0 Å². The van der Waals surface area contributed by atoms with Crippen molar-refractivity contribution in [1.82, 2.24) is 0 Å². The molecule has 1 rings (SSSR count). The molecule has 0 saturated carbocycles. The summed E-state index contributed by atoms with van der Waals surface area (Å²) in [5, 5.41) is 0.625. The molecule has 4 heteroatoms. The Labute approximate surface area is 101 Å². The molecular weight excluding hydrogens is 226 g/mol. The van der Waals surface area contributed by atoms with Crippen molar-refractivity contribution in [2.24, 2.45) is 5.73 Å². The summed E-state index contributed by atoms with van der Waals surface area (Å²) in [7, 11) is 0. The first-order valence-electron chi connectivity index (χ1n) is 5.16. The minimum absolute atomic E-state index is 0.201. The summed E-state index contributed by atoms with van der Waals surface area (Å²) in [5.41, 5.74) is 5.69. The lowest BCUT2D eigenvalue weighted by atomic mass is 10.0. The van der Waals surface area contributed by atoms with Crippen LogP contribution in [0.5, 0.6) is 0 Å². The second-order valence-electron chi connectivity index (χ2n) is 3.98. The first kappa shape index (κ1) is 13.0. The van der Waals surface area contributed by atoms with E-state index >= 15 is 0 Å². The van der Waals surface area contributed by atoms with E-state index in [-0.39, 0.29) is 6.61 Å². The molecule has 0 spiro atoms. The molecule has 0 aliphatic heterocycles. The van der Waals surface area contributed by atoms with Crippen molar-refractivity contribution in [3.8, 4) is 0 Å². The predicted molar refractivity (Wildman–Crippen MR) is 64.1 cm³/mol. The van der Waals surface area contributed by atoms with E-state index in [1.165, 1.54) is 0 Å². The summed E-state index contributed by atoms with van der Waals surface area (Å²) in [4.78, 5) is 11.6. The maximum Gasteiger partial charge on any atom is 0.326 e. The van der Waals surface area contributed by atoms with Crippen LogP contribution in [0.3, 0.4) is 0 Å². The molecule has 88 valence electrons. The van der Waals surface area contributed by atoms with Gasteiger partial charge in [-0.3, -0.25) is 4.79 Å². The Morgan fingerprint density at radius 3 is 2.81 bits per heavy atom. The van der Waals surface area contributed by atoms with Crippen molar-refractivity contribution in [3.05, 3.63) is 34.9 Å². The van der Waals surface area contributed by atoms with Crippen LogP contribution >= 0.6 is 11.6 Å². The number of hydrogen-bond donors (Lipinski definition) is 1. The second-order valence-corrected chi connectivity index (χ2v) is 4.41. The fourth-order valence-corrected chi connectivity index (χ4v) is 1.30. The third kappa shape index (κ3) is 3.51. The molecule has 0 aliphatic carbocycles. The normalized spacial score (nSPS) is 14.2. The third-order valence-corrected chi connectivity index (χ3v) is 2.69. The maximum absolute atomic E-state index is 11.6. The topological polar surface area (TPSA) is 52.3 Å². The number of carbonyl (C=O) groups excluding carboxylic acids is 1. The summed E-state index contributed by atoms with van der Waals surface area (Å²) in [5.74, 6) is -0.394. The molecule has 16 heavy (non-hydrogen) atoms. The number of benzene rings is 1. The van der Waals surface area contributed by atoms with Gasteiger partial charge in [0.15, 0.2) is 0 Å². The average molecular weight is 242 g/mol. The standard InChI is InChI=1S/C12H16ClNO2/c1-3-12(2,14)11(15)16-8-9-5-4-6-10(13)7-9/h4-7H,3,8,14H2,1-2H3. The Bertz CT molecular complexity index is 377. The lowest BCUT2D eigenvalue weighted by Gasteiger charge is -2.20. The lowest BCUT2D eigenvalue weighted by Crippen LogP contribution is -2.45. The van der Waals surface area contributed by atoms with Crippen molar-refractivity contribution < 1.29 is 9.53 Å². The number of hydrogen-bond acceptors (Lipinski definition) is 3. The largest absolute Gasteiger partial charge is 0.459 e. The van der Waals surface area contributed by atoms with Gasteiger partial charge in [-0.1, -0.05) is 30.7 Å². The smallest absolute Gasteiger partial charge is 0.326 e. The van der Waals surface area contributed by atoms with Crippen molar-refractivity contribution in [2.75, 3.05) is 0 Å². The quantitative estimate of drug-likeness (QED) is 0.825. The van der Waals surface area contributed by atoms with Crippen LogP contribution in [0.25, 0.3) is 0 Å². The molecule has 0 amide bonds. The van der Waals surface area contributed by atoms with Crippen LogP contribution in [0, 0.1) is 0 Å². The minimum Gasteiger partial charge on any atom is -0.459 e. The Morgan fingerprint density at radius 2 is 2.25 bits per heavy atom. The van der Waals surface area contributed by atoms with Gasteiger partial charge in [0.1, 0.15) is 12.1 Å². The SMILES string of the molecule is CCC(C)(N)C(=O)OCc1cccc(Cl)c1. The molecule has 0 aromatic heterocycles. The number of nitrogens with two attached hydrogens (primary N) is 1. The summed E-state index contributed by atoms with van der Waals surface area (Å²) in [6, 6.07) is 7.19. The van der Waals surface area contributed by atoms with Crippen LogP contribution in [0.2, 0.25) is 5.02 Å². The number of halogens is 1. The molecule has 0 aliphatic rings. The summed E-state index contributed by atoms with van der Waals surface area (Å²) >= 11 is 5.81. The zero-order valence-electron chi connectivity index (χ0n) is 9.50. The van der Waals surface area contributed by atoms with Crippen molar-refractivity contribution in [3.63, 3.8) is 0 Å². The van der Waals surface area contributed by atoms with E-state index in [9.17, 15) is 4.79 Å². The van der Waals surface area contributed by atoms with E-state index in [2.05, 4.69) is 0 Å². The van der Waals surface area contributed by atoms with Gasteiger partial charge in [-0.2, -0.15) is 0 Å². The molecule has 1 aromatic carbocycles. The molecule has 0 radical (unpaired) electrons. The van der Waals surface area contributed by atoms with Gasteiger partial charge in [0, 0.05) is 5.02 Å². The van der Waals surface area contributed by atoms with Crippen LogP contribution in [0.4, 0.5) is 0 Å². The molecule has 0 heterocycles. The molecule has 1 atom stereocenters. The van der Waals surface area contributed by atoms with Gasteiger partial charge < -0.3 is 10.5 Å². The van der Waals surface area contributed by atoms with Crippen LogP contribution in [-0.4, -0.2) is 11.5 Å². The fraction of sp³-hybridized carbons (Fsp3) is 0.417. The third-order valence-electron chi connectivity index (χ3n) is 2.46. The molecule has 0 fully saturated rings. The summed E-state index contributed by atoms with van der Waals surface area (Å²) in [6.07, 6.45) is 0.543. The molecule has 3 nitrogen and oxygen atoms in total. The predicted octanol–water partition coefficient (Wildman–Crippen LogP) is 2.51. The van der Waals surface area contributed by atoms with Crippen molar-refractivity contribution in [1.29, 1.82) is 0 Å². The average Bonchev–Trinajstić information content (AvgIpc) is 2.26. The highest BCUT2D eigenvalue weighted by atomic mass is 35.5. The van der Waals surface area contributed by atoms with E-state index in [0.29, 0.717) is 11.4 Å². The summed E-state index contributed by atoms with van der Waals surface area (Å²) in [6.45, 7) is 3.71. The Morgan fingerprint density at radius 1 is 1.56 bits per heavy atom. The zero-order chi connectivity index (χ0) is 12.2. The van der Waals surface area contributed by atoms with E-state index < -0.39 is 11.5 Å². The number of rotatable bonds is 4. The molecule has 0 bridgehead atoms. The van der Waals surface area contributed by atoms with Gasteiger partial charge in [0.25, 0.3) is 0 Å². The first-order chi connectivity index (χ1) is 7.45. The number of carbonyl (C=O) groups is 1. The number of ether oxygens (including phenoxy) is 1. The second kappa shape index (κ2) is 5.32. The van der Waals surface area contributed by atoms with E-state index in [1.54, 1.807) is 19.1 Å². The first-order valence-corrected chi connectivity index (χ1v) is 5.54. The van der Waals surface area contributed by atoms with Gasteiger partial charge in [0.2, 0.25) is 0 Å². The highest BCUT2D eigenvalue weighted by molar-refractivity contribution is 6.30. The summed E-state index contributed by atoms with van der Waals surface area (Å²) < 4.78 is 5.12. The molecular formula is C12H16ClNO2. The van der Waals surface area contributed by atoms with Gasteiger partial charge >= 0.3 is 5.97 Å². The van der Waals surface area contributed by atoms with Gasteiger partial charge in [-0.15, -0.1) is 0 Å². The highest BCUT2D eigenvalue weighted by Crippen LogP contribution is 2.13. The monoisotopic (exact) mass is 241 g/mol.